The number of anilines is 1. The predicted molar refractivity (Wildman–Crippen MR) is 146 cm³/mol. The van der Waals surface area contributed by atoms with E-state index in [2.05, 4.69) is 25.6 Å². The van der Waals surface area contributed by atoms with Gasteiger partial charge in [-0.15, -0.1) is 0 Å². The van der Waals surface area contributed by atoms with Crippen molar-refractivity contribution < 1.29 is 33.8 Å². The molecule has 14 nitrogen and oxygen atoms in total. The predicted octanol–water partition coefficient (Wildman–Crippen LogP) is 2.93. The third-order valence-corrected chi connectivity index (χ3v) is 6.35. The molecule has 3 N–H and O–H groups in total. The molecule has 3 amide bonds. The second-order valence-corrected chi connectivity index (χ2v) is 10.6. The number of aromatic nitrogens is 4. The molecule has 218 valence electrons. The molecule has 0 bridgehead atoms. The first-order chi connectivity index (χ1) is 19.5. The topological polar surface area (TPSA) is 178 Å². The highest BCUT2D eigenvalue weighted by atomic mass is 16.6. The zero-order valence-corrected chi connectivity index (χ0v) is 23.1. The number of carboxylic acids is 1. The average Bonchev–Trinajstić information content (AvgIpc) is 3.53. The lowest BCUT2D eigenvalue weighted by molar-refractivity contribution is -0.146. The monoisotopic (exact) mass is 567 g/mol. The quantitative estimate of drug-likeness (QED) is 0.348. The smallest absolute Gasteiger partial charge is 0.413 e. The second kappa shape index (κ2) is 12.6. The molecule has 14 heteroatoms. The van der Waals surface area contributed by atoms with Crippen LogP contribution in [0.1, 0.15) is 45.6 Å². The number of hydrogen-bond donors (Lipinski definition) is 3. The van der Waals surface area contributed by atoms with Crippen molar-refractivity contribution >= 4 is 41.0 Å². The van der Waals surface area contributed by atoms with E-state index in [1.54, 1.807) is 20.8 Å². The van der Waals surface area contributed by atoms with Crippen LogP contribution in [-0.4, -0.2) is 77.8 Å². The number of carboxylic acid groups (broad SMARTS) is 1. The van der Waals surface area contributed by atoms with E-state index >= 15 is 0 Å². The van der Waals surface area contributed by atoms with Crippen LogP contribution in [0.2, 0.25) is 0 Å². The highest BCUT2D eigenvalue weighted by Gasteiger charge is 2.37. The van der Waals surface area contributed by atoms with Crippen LogP contribution in [0.25, 0.3) is 11.2 Å². The molecule has 1 saturated carbocycles. The molecule has 1 aliphatic rings. The molecule has 1 aromatic carbocycles. The van der Waals surface area contributed by atoms with E-state index in [0.29, 0.717) is 19.3 Å². The summed E-state index contributed by atoms with van der Waals surface area (Å²) in [5, 5.41) is 14.9. The Balaban J connectivity index is 1.46. The number of fused-ring (bicyclic) bond motifs is 1. The first kappa shape index (κ1) is 29.2. The lowest BCUT2D eigenvalue weighted by atomic mass is 10.1. The van der Waals surface area contributed by atoms with Crippen molar-refractivity contribution in [2.24, 2.45) is 0 Å². The van der Waals surface area contributed by atoms with Crippen LogP contribution in [0.15, 0.2) is 43.0 Å². The van der Waals surface area contributed by atoms with E-state index in [1.165, 1.54) is 22.1 Å². The fraction of sp³-hybridized carbons (Fsp3) is 0.444. The lowest BCUT2D eigenvalue weighted by Gasteiger charge is -2.33. The molecule has 1 fully saturated rings. The van der Waals surface area contributed by atoms with Gasteiger partial charge in [0.25, 0.3) is 0 Å². The number of aliphatic carboxylic acids is 1. The number of carbonyl (C=O) groups is 4. The molecule has 0 spiro atoms. The van der Waals surface area contributed by atoms with Gasteiger partial charge in [0.1, 0.15) is 31.6 Å². The Morgan fingerprint density at radius 2 is 1.83 bits per heavy atom. The summed E-state index contributed by atoms with van der Waals surface area (Å²) in [6.07, 6.45) is 3.00. The third kappa shape index (κ3) is 7.90. The summed E-state index contributed by atoms with van der Waals surface area (Å²) in [7, 11) is 0. The van der Waals surface area contributed by atoms with Crippen molar-refractivity contribution in [3.8, 4) is 0 Å². The summed E-state index contributed by atoms with van der Waals surface area (Å²) in [4.78, 5) is 63.7. The van der Waals surface area contributed by atoms with E-state index in [0.717, 1.165) is 5.56 Å². The van der Waals surface area contributed by atoms with Crippen molar-refractivity contribution in [1.29, 1.82) is 0 Å². The molecular formula is C27H33N7O7. The number of imidazole rings is 1. The number of nitrogens with zero attached hydrogens (tertiary/aromatic N) is 5. The minimum Gasteiger partial charge on any atom is -0.480 e. The average molecular weight is 568 g/mol. The minimum atomic E-state index is -1.18. The SMILES string of the molecule is CC(C)(C)OC(=O)N[C@H]1CCC[C@H]1N(CC(=O)O)C(=O)Cn1cnc2c(NC(=O)OCc3ccccc3)ncnc21. The van der Waals surface area contributed by atoms with Crippen molar-refractivity contribution in [2.45, 2.75) is 70.9 Å². The van der Waals surface area contributed by atoms with E-state index < -0.39 is 48.3 Å². The highest BCUT2D eigenvalue weighted by molar-refractivity contribution is 5.93. The molecule has 0 saturated heterocycles. The summed E-state index contributed by atoms with van der Waals surface area (Å²) in [5.74, 6) is -1.58. The summed E-state index contributed by atoms with van der Waals surface area (Å²) in [6, 6.07) is 8.17. The largest absolute Gasteiger partial charge is 0.480 e. The molecule has 4 rings (SSSR count). The maximum Gasteiger partial charge on any atom is 0.413 e. The van der Waals surface area contributed by atoms with Gasteiger partial charge in [-0.3, -0.25) is 14.9 Å². The molecule has 0 unspecified atom stereocenters. The summed E-state index contributed by atoms with van der Waals surface area (Å²) < 4.78 is 12.0. The summed E-state index contributed by atoms with van der Waals surface area (Å²) in [6.45, 7) is 4.48. The van der Waals surface area contributed by atoms with Crippen LogP contribution in [0.3, 0.4) is 0 Å². The summed E-state index contributed by atoms with van der Waals surface area (Å²) >= 11 is 0. The van der Waals surface area contributed by atoms with Gasteiger partial charge < -0.3 is 29.4 Å². The normalized spacial score (nSPS) is 16.7. The fourth-order valence-electron chi connectivity index (χ4n) is 4.66. The Morgan fingerprint density at radius 3 is 2.54 bits per heavy atom. The highest BCUT2D eigenvalue weighted by Crippen LogP contribution is 2.26. The van der Waals surface area contributed by atoms with Gasteiger partial charge in [-0.05, 0) is 45.6 Å². The van der Waals surface area contributed by atoms with Crippen LogP contribution >= 0.6 is 0 Å². The molecule has 2 atom stereocenters. The van der Waals surface area contributed by atoms with E-state index in [4.69, 9.17) is 9.47 Å². The van der Waals surface area contributed by atoms with Gasteiger partial charge in [0, 0.05) is 0 Å². The first-order valence-corrected chi connectivity index (χ1v) is 13.1. The maximum atomic E-state index is 13.5. The van der Waals surface area contributed by atoms with Gasteiger partial charge in [0.2, 0.25) is 5.91 Å². The fourth-order valence-corrected chi connectivity index (χ4v) is 4.66. The van der Waals surface area contributed by atoms with Crippen molar-refractivity contribution in [3.05, 3.63) is 48.5 Å². The number of nitrogens with one attached hydrogen (secondary N) is 2. The Labute approximate surface area is 236 Å². The van der Waals surface area contributed by atoms with Crippen LogP contribution in [0.5, 0.6) is 0 Å². The molecule has 41 heavy (non-hydrogen) atoms. The second-order valence-electron chi connectivity index (χ2n) is 10.6. The molecule has 2 aromatic heterocycles. The first-order valence-electron chi connectivity index (χ1n) is 13.1. The van der Waals surface area contributed by atoms with Crippen molar-refractivity contribution in [1.82, 2.24) is 29.7 Å². The molecule has 1 aliphatic carbocycles. The standard InChI is InChI=1S/C27H33N7O7/c1-27(2,3)41-26(39)31-18-10-7-11-19(18)34(13-21(36)37)20(35)12-33-16-30-22-23(28-15-29-24(22)33)32-25(38)40-14-17-8-5-4-6-9-17/h4-6,8-9,15-16,18-19H,7,10-14H2,1-3H3,(H,31,39)(H,36,37)(H,28,29,32,38)/t18-,19+/m0/s1. The Morgan fingerprint density at radius 1 is 1.07 bits per heavy atom. The van der Waals surface area contributed by atoms with Gasteiger partial charge in [-0.25, -0.2) is 24.5 Å². The van der Waals surface area contributed by atoms with E-state index in [9.17, 15) is 24.3 Å². The molecule has 0 aliphatic heterocycles. The van der Waals surface area contributed by atoms with E-state index in [1.807, 2.05) is 30.3 Å². The van der Waals surface area contributed by atoms with Gasteiger partial charge in [-0.1, -0.05) is 30.3 Å². The summed E-state index contributed by atoms with van der Waals surface area (Å²) in [5.41, 5.74) is 0.602. The Bertz CT molecular complexity index is 1400. The van der Waals surface area contributed by atoms with Gasteiger partial charge in [0.05, 0.1) is 18.4 Å². The number of hydrogen-bond acceptors (Lipinski definition) is 9. The van der Waals surface area contributed by atoms with Crippen LogP contribution in [0, 0.1) is 0 Å². The third-order valence-electron chi connectivity index (χ3n) is 6.35. The van der Waals surface area contributed by atoms with Crippen LogP contribution < -0.4 is 10.6 Å². The maximum absolute atomic E-state index is 13.5. The number of carbonyl (C=O) groups excluding carboxylic acids is 3. The van der Waals surface area contributed by atoms with Crippen LogP contribution in [-0.2, 0) is 32.2 Å². The van der Waals surface area contributed by atoms with Gasteiger partial charge in [-0.2, -0.15) is 0 Å². The number of rotatable bonds is 9. The minimum absolute atomic E-state index is 0.0637. The molecule has 2 heterocycles. The zero-order valence-electron chi connectivity index (χ0n) is 23.1. The Kier molecular flexibility index (Phi) is 9.00. The zero-order chi connectivity index (χ0) is 29.6. The number of amides is 3. The van der Waals surface area contributed by atoms with Gasteiger partial charge >= 0.3 is 18.2 Å². The van der Waals surface area contributed by atoms with Crippen molar-refractivity contribution in [2.75, 3.05) is 11.9 Å². The number of alkyl carbamates (subject to hydrolysis) is 1. The van der Waals surface area contributed by atoms with Gasteiger partial charge in [0.15, 0.2) is 17.0 Å². The lowest BCUT2D eigenvalue weighted by Crippen LogP contribution is -2.53. The Hall–Kier alpha value is -4.75. The van der Waals surface area contributed by atoms with Crippen molar-refractivity contribution in [3.63, 3.8) is 0 Å². The molecule has 0 radical (unpaired) electrons. The number of ether oxygens (including phenoxy) is 2. The van der Waals surface area contributed by atoms with E-state index in [-0.39, 0.29) is 30.1 Å². The number of benzene rings is 1. The molecule has 3 aromatic rings. The molecular weight excluding hydrogens is 534 g/mol. The van der Waals surface area contributed by atoms with Crippen LogP contribution in [0.4, 0.5) is 15.4 Å².